The van der Waals surface area contributed by atoms with Crippen LogP contribution in [-0.4, -0.2) is 24.0 Å². The Morgan fingerprint density at radius 1 is 0.912 bits per heavy atom. The third-order valence-corrected chi connectivity index (χ3v) is 7.16. The summed E-state index contributed by atoms with van der Waals surface area (Å²) in [5, 5.41) is 2.76. The van der Waals surface area contributed by atoms with E-state index in [4.69, 9.17) is 55.9 Å². The number of carbonyl (C=O) groups excluding carboxylic acids is 1. The summed E-state index contributed by atoms with van der Waals surface area (Å²) in [6, 6.07) is 18.8. The van der Waals surface area contributed by atoms with Gasteiger partial charge in [0.1, 0.15) is 0 Å². The molecule has 34 heavy (non-hydrogen) atoms. The van der Waals surface area contributed by atoms with E-state index in [-0.39, 0.29) is 28.5 Å². The first-order valence-electron chi connectivity index (χ1n) is 9.70. The van der Waals surface area contributed by atoms with E-state index in [1.165, 1.54) is 42.5 Å². The van der Waals surface area contributed by atoms with E-state index >= 15 is 0 Å². The lowest BCUT2D eigenvalue weighted by molar-refractivity contribution is -0.0953. The highest BCUT2D eigenvalue weighted by Gasteiger charge is 2.59. The summed E-state index contributed by atoms with van der Waals surface area (Å²) < 4.78 is 37.0. The first-order chi connectivity index (χ1) is 16.0. The fourth-order valence-electron chi connectivity index (χ4n) is 3.10. The number of hydrogen-bond donors (Lipinski definition) is 2. The van der Waals surface area contributed by atoms with Gasteiger partial charge < -0.3 is 9.47 Å². The highest BCUT2D eigenvalue weighted by molar-refractivity contribution is 7.89. The van der Waals surface area contributed by atoms with Gasteiger partial charge in [0.05, 0.1) is 4.90 Å². The van der Waals surface area contributed by atoms with Crippen molar-refractivity contribution >= 4 is 62.3 Å². The van der Waals surface area contributed by atoms with E-state index in [1.807, 2.05) is 6.07 Å². The molecule has 1 amide bonds. The molecule has 12 heteroatoms. The minimum absolute atomic E-state index is 0.0302. The first kappa shape index (κ1) is 24.9. The van der Waals surface area contributed by atoms with Crippen LogP contribution >= 0.6 is 46.4 Å². The topological polar surface area (TPSA) is 93.7 Å². The summed E-state index contributed by atoms with van der Waals surface area (Å²) in [7, 11) is -3.92. The lowest BCUT2D eigenvalue weighted by atomic mass is 10.2. The molecular formula is C22H16Cl4N2O5S. The first-order valence-corrected chi connectivity index (χ1v) is 12.7. The van der Waals surface area contributed by atoms with E-state index < -0.39 is 25.6 Å². The van der Waals surface area contributed by atoms with Crippen LogP contribution < -0.4 is 19.5 Å². The number of ether oxygens (including phenoxy) is 2. The van der Waals surface area contributed by atoms with E-state index in [0.717, 1.165) is 5.56 Å². The Labute approximate surface area is 215 Å². The molecule has 0 radical (unpaired) electrons. The maximum atomic E-state index is 13.0. The zero-order valence-corrected chi connectivity index (χ0v) is 20.9. The van der Waals surface area contributed by atoms with Gasteiger partial charge in [0.25, 0.3) is 9.70 Å². The predicted molar refractivity (Wildman–Crippen MR) is 130 cm³/mol. The van der Waals surface area contributed by atoms with Crippen molar-refractivity contribution in [3.8, 4) is 11.5 Å². The molecule has 7 nitrogen and oxygen atoms in total. The summed E-state index contributed by atoms with van der Waals surface area (Å²) in [5.41, 5.74) is 0.747. The van der Waals surface area contributed by atoms with Crippen LogP contribution in [0.4, 0.5) is 0 Å². The van der Waals surface area contributed by atoms with Crippen LogP contribution in [0.1, 0.15) is 15.9 Å². The second kappa shape index (κ2) is 9.45. The highest BCUT2D eigenvalue weighted by atomic mass is 35.6. The second-order valence-electron chi connectivity index (χ2n) is 7.20. The van der Waals surface area contributed by atoms with Crippen LogP contribution in [0.2, 0.25) is 5.02 Å². The Morgan fingerprint density at radius 2 is 1.62 bits per heavy atom. The van der Waals surface area contributed by atoms with Crippen molar-refractivity contribution in [3.63, 3.8) is 0 Å². The molecule has 2 N–H and O–H groups in total. The lowest BCUT2D eigenvalue weighted by Crippen LogP contribution is -2.63. The molecule has 0 spiro atoms. The average molecular weight is 562 g/mol. The molecular weight excluding hydrogens is 546 g/mol. The van der Waals surface area contributed by atoms with Gasteiger partial charge in [-0.3, -0.25) is 10.1 Å². The molecule has 0 saturated carbocycles. The van der Waals surface area contributed by atoms with Crippen LogP contribution in [0, 0.1) is 0 Å². The maximum Gasteiger partial charge on any atom is 0.388 e. The average Bonchev–Trinajstić information content (AvgIpc) is 3.17. The predicted octanol–water partition coefficient (Wildman–Crippen LogP) is 5.04. The number of halogens is 4. The standard InChI is InChI=1S/C22H16Cl4N2O5S/c23-16-9-10-18-19(12-16)33-22(32-18,21(24,25)26)28-20(29)15-7-4-8-17(11-15)34(30,31)27-13-14-5-2-1-3-6-14/h1-12,27H,13H2,(H,28,29)/t22-/m0/s1. The van der Waals surface area contributed by atoms with E-state index in [2.05, 4.69) is 10.0 Å². The molecule has 0 saturated heterocycles. The number of carbonyl (C=O) groups is 1. The molecule has 4 rings (SSSR count). The van der Waals surface area contributed by atoms with Crippen molar-refractivity contribution in [1.29, 1.82) is 0 Å². The van der Waals surface area contributed by atoms with Crippen molar-refractivity contribution < 1.29 is 22.7 Å². The Kier molecular flexibility index (Phi) is 6.92. The molecule has 1 atom stereocenters. The van der Waals surface area contributed by atoms with Gasteiger partial charge in [-0.15, -0.1) is 0 Å². The monoisotopic (exact) mass is 560 g/mol. The number of benzene rings is 3. The lowest BCUT2D eigenvalue weighted by Gasteiger charge is -2.33. The van der Waals surface area contributed by atoms with Gasteiger partial charge in [0.15, 0.2) is 11.5 Å². The van der Waals surface area contributed by atoms with Gasteiger partial charge in [-0.05, 0) is 35.9 Å². The summed E-state index contributed by atoms with van der Waals surface area (Å²) in [5.74, 6) is -2.68. The molecule has 0 aromatic heterocycles. The molecule has 1 aliphatic rings. The molecule has 178 valence electrons. The summed E-state index contributed by atoms with van der Waals surface area (Å²) >= 11 is 24.2. The van der Waals surface area contributed by atoms with Gasteiger partial charge in [-0.2, -0.15) is 0 Å². The van der Waals surface area contributed by atoms with Crippen molar-refractivity contribution in [3.05, 3.63) is 88.9 Å². The SMILES string of the molecule is O=C(N[C@@]1(C(Cl)(Cl)Cl)Oc2ccc(Cl)cc2O1)c1cccc(S(=O)(=O)NCc2ccccc2)c1. The maximum absolute atomic E-state index is 13.0. The Hall–Kier alpha value is -2.20. The number of hydrogen-bond acceptors (Lipinski definition) is 5. The minimum atomic E-state index is -3.92. The largest absolute Gasteiger partial charge is 0.428 e. The normalized spacial score (nSPS) is 17.4. The second-order valence-corrected chi connectivity index (χ2v) is 11.7. The molecule has 0 aliphatic carbocycles. The third kappa shape index (κ3) is 5.22. The number of nitrogens with one attached hydrogen (secondary N) is 2. The zero-order chi connectivity index (χ0) is 24.6. The Morgan fingerprint density at radius 3 is 2.32 bits per heavy atom. The fourth-order valence-corrected chi connectivity index (χ4v) is 4.70. The molecule has 1 aliphatic heterocycles. The van der Waals surface area contributed by atoms with Crippen molar-refractivity contribution in [2.75, 3.05) is 0 Å². The van der Waals surface area contributed by atoms with Gasteiger partial charge in [-0.1, -0.05) is 82.8 Å². The number of fused-ring (bicyclic) bond motifs is 1. The number of rotatable bonds is 6. The van der Waals surface area contributed by atoms with Crippen LogP contribution in [0.3, 0.4) is 0 Å². The van der Waals surface area contributed by atoms with E-state index in [9.17, 15) is 13.2 Å². The number of sulfonamides is 1. The smallest absolute Gasteiger partial charge is 0.388 e. The molecule has 1 heterocycles. The molecule has 0 unspecified atom stereocenters. The fraction of sp³-hybridized carbons (Fsp3) is 0.136. The zero-order valence-electron chi connectivity index (χ0n) is 17.1. The van der Waals surface area contributed by atoms with Crippen LogP contribution in [0.15, 0.2) is 77.7 Å². The summed E-state index contributed by atoms with van der Waals surface area (Å²) in [4.78, 5) is 12.9. The molecule has 0 bridgehead atoms. The van der Waals surface area contributed by atoms with Crippen LogP contribution in [0.25, 0.3) is 0 Å². The number of amides is 1. The molecule has 3 aromatic rings. The minimum Gasteiger partial charge on any atom is -0.428 e. The Bertz CT molecular complexity index is 1330. The molecule has 0 fully saturated rings. The van der Waals surface area contributed by atoms with E-state index in [1.54, 1.807) is 24.3 Å². The van der Waals surface area contributed by atoms with Gasteiger partial charge in [0.2, 0.25) is 10.0 Å². The van der Waals surface area contributed by atoms with Crippen LogP contribution in [0.5, 0.6) is 11.5 Å². The van der Waals surface area contributed by atoms with Crippen molar-refractivity contribution in [2.45, 2.75) is 21.1 Å². The van der Waals surface area contributed by atoms with Gasteiger partial charge in [0, 0.05) is 23.2 Å². The quantitative estimate of drug-likeness (QED) is 0.411. The number of alkyl halides is 3. The van der Waals surface area contributed by atoms with Gasteiger partial charge >= 0.3 is 5.91 Å². The summed E-state index contributed by atoms with van der Waals surface area (Å²) in [6.45, 7) is 0.0818. The summed E-state index contributed by atoms with van der Waals surface area (Å²) in [6.07, 6.45) is 0. The third-order valence-electron chi connectivity index (χ3n) is 4.78. The highest BCUT2D eigenvalue weighted by Crippen LogP contribution is 2.49. The van der Waals surface area contributed by atoms with E-state index in [0.29, 0.717) is 5.02 Å². The van der Waals surface area contributed by atoms with Crippen LogP contribution in [-0.2, 0) is 16.6 Å². The van der Waals surface area contributed by atoms with Crippen molar-refractivity contribution in [1.82, 2.24) is 10.0 Å². The Balaban J connectivity index is 1.55. The van der Waals surface area contributed by atoms with Crippen molar-refractivity contribution in [2.24, 2.45) is 0 Å². The molecule has 3 aromatic carbocycles. The van der Waals surface area contributed by atoms with Gasteiger partial charge in [-0.25, -0.2) is 13.1 Å².